The summed E-state index contributed by atoms with van der Waals surface area (Å²) in [6, 6.07) is 9.92. The molecule has 1 N–H and O–H groups in total. The summed E-state index contributed by atoms with van der Waals surface area (Å²) in [6.45, 7) is 0.741. The number of carbonyl (C=O) groups excluding carboxylic acids is 1. The number of aromatic nitrogens is 1. The first kappa shape index (κ1) is 17.3. The van der Waals surface area contributed by atoms with Crippen molar-refractivity contribution >= 4 is 22.6 Å². The first-order valence-corrected chi connectivity index (χ1v) is 9.58. The minimum Gasteiger partial charge on any atom is -0.375 e. The molecule has 2 heterocycles. The predicted molar refractivity (Wildman–Crippen MR) is 104 cm³/mol. The van der Waals surface area contributed by atoms with E-state index in [0.29, 0.717) is 5.56 Å². The van der Waals surface area contributed by atoms with E-state index in [9.17, 15) is 4.79 Å². The number of fused-ring (bicyclic) bond motifs is 1. The molecule has 1 spiro atoms. The van der Waals surface area contributed by atoms with E-state index in [1.54, 1.807) is 0 Å². The third kappa shape index (κ3) is 3.28. The summed E-state index contributed by atoms with van der Waals surface area (Å²) in [7, 11) is 3.89. The summed E-state index contributed by atoms with van der Waals surface area (Å²) in [6.07, 6.45) is 6.55. The van der Waals surface area contributed by atoms with Crippen LogP contribution in [0.5, 0.6) is 0 Å². The lowest BCUT2D eigenvalue weighted by Gasteiger charge is -2.38. The lowest BCUT2D eigenvalue weighted by atomic mass is 9.88. The molecule has 1 saturated heterocycles. The zero-order valence-corrected chi connectivity index (χ0v) is 15.6. The van der Waals surface area contributed by atoms with Crippen molar-refractivity contribution in [3.05, 3.63) is 35.9 Å². The van der Waals surface area contributed by atoms with Gasteiger partial charge in [0.05, 0.1) is 16.7 Å². The van der Waals surface area contributed by atoms with Crippen LogP contribution < -0.4 is 10.2 Å². The van der Waals surface area contributed by atoms with E-state index in [1.165, 1.54) is 12.8 Å². The highest BCUT2D eigenvalue weighted by Crippen LogP contribution is 2.40. The van der Waals surface area contributed by atoms with Crippen molar-refractivity contribution in [3.63, 3.8) is 0 Å². The molecule has 1 aromatic carbocycles. The third-order valence-electron chi connectivity index (χ3n) is 5.75. The number of amides is 1. The Balaban J connectivity index is 1.59. The minimum absolute atomic E-state index is 0.00526. The van der Waals surface area contributed by atoms with Crippen LogP contribution in [0.2, 0.25) is 0 Å². The first-order valence-electron chi connectivity index (χ1n) is 9.58. The number of para-hydroxylation sites is 1. The highest BCUT2D eigenvalue weighted by Gasteiger charge is 2.40. The number of nitrogens with zero attached hydrogens (tertiary/aromatic N) is 2. The van der Waals surface area contributed by atoms with Crippen molar-refractivity contribution in [3.8, 4) is 0 Å². The molecule has 5 nitrogen and oxygen atoms in total. The largest absolute Gasteiger partial charge is 0.375 e. The molecule has 138 valence electrons. The van der Waals surface area contributed by atoms with Crippen LogP contribution in [-0.2, 0) is 4.74 Å². The molecule has 0 bridgehead atoms. The lowest BCUT2D eigenvalue weighted by molar-refractivity contribution is -0.0823. The number of carbonyl (C=O) groups is 1. The van der Waals surface area contributed by atoms with E-state index in [1.807, 2.05) is 49.3 Å². The Labute approximate surface area is 154 Å². The maximum Gasteiger partial charge on any atom is 0.252 e. The van der Waals surface area contributed by atoms with Crippen molar-refractivity contribution in [1.29, 1.82) is 0 Å². The zero-order valence-electron chi connectivity index (χ0n) is 15.6. The quantitative estimate of drug-likeness (QED) is 0.917. The van der Waals surface area contributed by atoms with E-state index in [-0.39, 0.29) is 17.6 Å². The van der Waals surface area contributed by atoms with Gasteiger partial charge in [0, 0.05) is 32.1 Å². The summed E-state index contributed by atoms with van der Waals surface area (Å²) < 4.78 is 6.10. The van der Waals surface area contributed by atoms with E-state index in [4.69, 9.17) is 4.74 Å². The van der Waals surface area contributed by atoms with Gasteiger partial charge in [-0.05, 0) is 37.8 Å². The number of anilines is 1. The van der Waals surface area contributed by atoms with Gasteiger partial charge in [0.1, 0.15) is 5.82 Å². The Hall–Kier alpha value is -2.14. The Morgan fingerprint density at radius 3 is 2.81 bits per heavy atom. The average Bonchev–Trinajstić information content (AvgIpc) is 3.08. The molecule has 1 saturated carbocycles. The minimum atomic E-state index is -0.00764. The number of rotatable bonds is 3. The van der Waals surface area contributed by atoms with Crippen LogP contribution in [0.15, 0.2) is 30.3 Å². The van der Waals surface area contributed by atoms with Gasteiger partial charge in [0.25, 0.3) is 5.91 Å². The van der Waals surface area contributed by atoms with Gasteiger partial charge in [-0.3, -0.25) is 4.79 Å². The van der Waals surface area contributed by atoms with E-state index in [0.717, 1.165) is 49.0 Å². The van der Waals surface area contributed by atoms with Crippen molar-refractivity contribution in [2.45, 2.75) is 50.2 Å². The predicted octanol–water partition coefficient (Wildman–Crippen LogP) is 3.52. The van der Waals surface area contributed by atoms with Crippen LogP contribution in [0.25, 0.3) is 10.9 Å². The summed E-state index contributed by atoms with van der Waals surface area (Å²) >= 11 is 0. The van der Waals surface area contributed by atoms with E-state index >= 15 is 0 Å². The Morgan fingerprint density at radius 1 is 1.27 bits per heavy atom. The van der Waals surface area contributed by atoms with E-state index < -0.39 is 0 Å². The molecule has 1 aliphatic heterocycles. The average molecular weight is 353 g/mol. The molecule has 1 amide bonds. The van der Waals surface area contributed by atoms with Crippen LogP contribution in [-0.4, -0.2) is 43.2 Å². The summed E-state index contributed by atoms with van der Waals surface area (Å²) in [4.78, 5) is 19.7. The smallest absolute Gasteiger partial charge is 0.252 e. The van der Waals surface area contributed by atoms with E-state index in [2.05, 4.69) is 10.3 Å². The summed E-state index contributed by atoms with van der Waals surface area (Å²) in [5.41, 5.74) is 1.56. The first-order chi connectivity index (χ1) is 12.6. The number of nitrogens with one attached hydrogen (secondary N) is 1. The topological polar surface area (TPSA) is 54.5 Å². The van der Waals surface area contributed by atoms with Crippen LogP contribution in [0.1, 0.15) is 48.9 Å². The number of hydrogen-bond acceptors (Lipinski definition) is 4. The van der Waals surface area contributed by atoms with Gasteiger partial charge in [0.2, 0.25) is 0 Å². The number of benzene rings is 1. The standard InChI is InChI=1S/C21H27N3O2/c1-24(2)19-13-17(16-7-3-4-8-18(16)23-19)20(25)22-15-9-12-26-21(14-15)10-5-6-11-21/h3-4,7-8,13,15H,5-6,9-12,14H2,1-2H3,(H,22,25). The Kier molecular flexibility index (Phi) is 4.57. The lowest BCUT2D eigenvalue weighted by Crippen LogP contribution is -2.47. The van der Waals surface area contributed by atoms with Crippen LogP contribution in [0, 0.1) is 0 Å². The molecular weight excluding hydrogens is 326 g/mol. The maximum atomic E-state index is 13.1. The molecule has 0 radical (unpaired) electrons. The Morgan fingerprint density at radius 2 is 2.04 bits per heavy atom. The Bertz CT molecular complexity index is 812. The molecule has 1 aromatic heterocycles. The molecule has 26 heavy (non-hydrogen) atoms. The number of pyridine rings is 1. The molecule has 2 aliphatic rings. The van der Waals surface area contributed by atoms with Gasteiger partial charge in [-0.15, -0.1) is 0 Å². The molecule has 1 atom stereocenters. The third-order valence-corrected chi connectivity index (χ3v) is 5.75. The fraction of sp³-hybridized carbons (Fsp3) is 0.524. The highest BCUT2D eigenvalue weighted by molar-refractivity contribution is 6.07. The molecule has 2 fully saturated rings. The summed E-state index contributed by atoms with van der Waals surface area (Å²) in [5.74, 6) is 0.792. The normalized spacial score (nSPS) is 21.8. The van der Waals surface area contributed by atoms with Gasteiger partial charge in [-0.1, -0.05) is 31.0 Å². The van der Waals surface area contributed by atoms with Crippen molar-refractivity contribution in [2.24, 2.45) is 0 Å². The van der Waals surface area contributed by atoms with Crippen molar-refractivity contribution in [1.82, 2.24) is 10.3 Å². The van der Waals surface area contributed by atoms with Crippen molar-refractivity contribution < 1.29 is 9.53 Å². The van der Waals surface area contributed by atoms with Crippen molar-refractivity contribution in [2.75, 3.05) is 25.6 Å². The fourth-order valence-corrected chi connectivity index (χ4v) is 4.36. The monoisotopic (exact) mass is 353 g/mol. The molecule has 5 heteroatoms. The van der Waals surface area contributed by atoms with Gasteiger partial charge < -0.3 is 15.0 Å². The van der Waals surface area contributed by atoms with Gasteiger partial charge in [-0.2, -0.15) is 0 Å². The second kappa shape index (κ2) is 6.88. The van der Waals surface area contributed by atoms with Gasteiger partial charge >= 0.3 is 0 Å². The molecule has 4 rings (SSSR count). The van der Waals surface area contributed by atoms with Gasteiger partial charge in [0.15, 0.2) is 0 Å². The highest BCUT2D eigenvalue weighted by atomic mass is 16.5. The van der Waals surface area contributed by atoms with Gasteiger partial charge in [-0.25, -0.2) is 4.98 Å². The molecule has 2 aromatic rings. The zero-order chi connectivity index (χ0) is 18.1. The molecule has 1 aliphatic carbocycles. The van der Waals surface area contributed by atoms with Crippen LogP contribution in [0.3, 0.4) is 0 Å². The summed E-state index contributed by atoms with van der Waals surface area (Å²) in [5, 5.41) is 4.18. The van der Waals surface area contributed by atoms with Crippen LogP contribution >= 0.6 is 0 Å². The number of hydrogen-bond donors (Lipinski definition) is 1. The second-order valence-electron chi connectivity index (χ2n) is 7.84. The van der Waals surface area contributed by atoms with Crippen LogP contribution in [0.4, 0.5) is 5.82 Å². The maximum absolute atomic E-state index is 13.1. The molecular formula is C21H27N3O2. The SMILES string of the molecule is CN(C)c1cc(C(=O)NC2CCOC3(CCCC3)C2)c2ccccc2n1. The fourth-order valence-electron chi connectivity index (χ4n) is 4.36. The number of ether oxygens (including phenoxy) is 1. The second-order valence-corrected chi connectivity index (χ2v) is 7.84. The molecule has 1 unspecified atom stereocenters.